The van der Waals surface area contributed by atoms with Crippen LogP contribution < -0.4 is 0 Å². The third kappa shape index (κ3) is 1.97. The highest BCUT2D eigenvalue weighted by Crippen LogP contribution is 2.36. The van der Waals surface area contributed by atoms with Gasteiger partial charge in [0.05, 0.1) is 17.3 Å². The van der Waals surface area contributed by atoms with Crippen LogP contribution in [0.3, 0.4) is 0 Å². The number of hydrogen-bond acceptors (Lipinski definition) is 1. The number of hydrogen-bond donors (Lipinski definition) is 0. The van der Waals surface area contributed by atoms with Crippen molar-refractivity contribution in [2.45, 2.75) is 12.6 Å². The van der Waals surface area contributed by atoms with Gasteiger partial charge in [-0.3, -0.25) is 4.98 Å². The van der Waals surface area contributed by atoms with Gasteiger partial charge < -0.3 is 0 Å². The number of aromatic nitrogens is 1. The van der Waals surface area contributed by atoms with Gasteiger partial charge in [-0.05, 0) is 0 Å². The van der Waals surface area contributed by atoms with E-state index in [4.69, 9.17) is 0 Å². The van der Waals surface area contributed by atoms with Crippen LogP contribution in [0.5, 0.6) is 0 Å². The smallest absolute Gasteiger partial charge is 0.261 e. The van der Waals surface area contributed by atoms with Crippen molar-refractivity contribution >= 4 is 0 Å². The lowest BCUT2D eigenvalue weighted by molar-refractivity contribution is -0.140. The molecule has 1 aromatic heterocycles. The van der Waals surface area contributed by atoms with E-state index in [0.29, 0.717) is 6.20 Å². The van der Waals surface area contributed by atoms with E-state index in [-0.39, 0.29) is 6.20 Å². The fourth-order valence-corrected chi connectivity index (χ4v) is 0.893. The Morgan fingerprint density at radius 1 is 1.14 bits per heavy atom. The predicted molar refractivity (Wildman–Crippen MR) is 34.2 cm³/mol. The molecule has 0 spiro atoms. The van der Waals surface area contributed by atoms with Crippen molar-refractivity contribution in [1.82, 2.24) is 4.98 Å². The zero-order valence-electron chi connectivity index (χ0n) is 6.45. The van der Waals surface area contributed by atoms with Gasteiger partial charge in [0.15, 0.2) is 5.82 Å². The highest BCUT2D eigenvalue weighted by Gasteiger charge is 2.37. The van der Waals surface area contributed by atoms with Gasteiger partial charge >= 0.3 is 6.18 Å². The van der Waals surface area contributed by atoms with Crippen molar-refractivity contribution in [1.29, 1.82) is 0 Å². The molecule has 0 aliphatic heterocycles. The summed E-state index contributed by atoms with van der Waals surface area (Å²) < 4.78 is 72.8. The maximum atomic E-state index is 12.6. The zero-order valence-corrected chi connectivity index (χ0v) is 6.45. The van der Waals surface area contributed by atoms with E-state index in [1.54, 1.807) is 0 Å². The van der Waals surface area contributed by atoms with E-state index in [9.17, 15) is 26.3 Å². The van der Waals surface area contributed by atoms with Crippen molar-refractivity contribution < 1.29 is 26.3 Å². The molecule has 14 heavy (non-hydrogen) atoms. The molecule has 1 nitrogen and oxygen atoms in total. The van der Waals surface area contributed by atoms with Gasteiger partial charge in [0.1, 0.15) is 0 Å². The molecule has 0 N–H and O–H groups in total. The predicted octanol–water partition coefficient (Wildman–Crippen LogP) is 3.18. The first-order valence-electron chi connectivity index (χ1n) is 3.32. The average Bonchev–Trinajstić information content (AvgIpc) is 2.01. The molecule has 78 valence electrons. The SMILES string of the molecule is Fc1cncc(C(F)(F)F)c1C(F)F. The lowest BCUT2D eigenvalue weighted by atomic mass is 10.1. The molecule has 0 atom stereocenters. The van der Waals surface area contributed by atoms with Crippen LogP contribution in [0.1, 0.15) is 17.6 Å². The van der Waals surface area contributed by atoms with Crippen LogP contribution in [0.25, 0.3) is 0 Å². The Kier molecular flexibility index (Phi) is 2.68. The molecule has 1 rings (SSSR count). The second kappa shape index (κ2) is 3.47. The second-order valence-electron chi connectivity index (χ2n) is 2.38. The first-order valence-corrected chi connectivity index (χ1v) is 3.32. The molecule has 0 aliphatic carbocycles. The molecule has 0 unspecified atom stereocenters. The molecule has 0 aromatic carbocycles. The van der Waals surface area contributed by atoms with E-state index >= 15 is 0 Å². The quantitative estimate of drug-likeness (QED) is 0.655. The Bertz CT molecular complexity index is 331. The van der Waals surface area contributed by atoms with Crippen LogP contribution in [-0.2, 0) is 6.18 Å². The summed E-state index contributed by atoms with van der Waals surface area (Å²) in [7, 11) is 0. The number of nitrogens with zero attached hydrogens (tertiary/aromatic N) is 1. The van der Waals surface area contributed by atoms with Crippen LogP contribution in [0.4, 0.5) is 26.3 Å². The highest BCUT2D eigenvalue weighted by molar-refractivity contribution is 5.28. The molecular formula is C7H3F6N. The first kappa shape index (κ1) is 10.8. The normalized spacial score (nSPS) is 12.2. The summed E-state index contributed by atoms with van der Waals surface area (Å²) in [6.07, 6.45) is -8.06. The molecule has 0 amide bonds. The Morgan fingerprint density at radius 3 is 2.07 bits per heavy atom. The zero-order chi connectivity index (χ0) is 10.9. The summed E-state index contributed by atoms with van der Waals surface area (Å²) in [4.78, 5) is 2.87. The molecule has 7 heteroatoms. The van der Waals surface area contributed by atoms with Gasteiger partial charge in [-0.1, -0.05) is 0 Å². The minimum atomic E-state index is -5.03. The first-order chi connectivity index (χ1) is 6.34. The topological polar surface area (TPSA) is 12.9 Å². The van der Waals surface area contributed by atoms with Crippen molar-refractivity contribution in [3.63, 3.8) is 0 Å². The summed E-state index contributed by atoms with van der Waals surface area (Å²) in [5, 5.41) is 0. The number of alkyl halides is 5. The van der Waals surface area contributed by atoms with Crippen LogP contribution in [0.15, 0.2) is 12.4 Å². The van der Waals surface area contributed by atoms with Gasteiger partial charge in [-0.15, -0.1) is 0 Å². The van der Waals surface area contributed by atoms with E-state index < -0.39 is 29.5 Å². The Hall–Kier alpha value is -1.27. The number of pyridine rings is 1. The Morgan fingerprint density at radius 2 is 1.71 bits per heavy atom. The average molecular weight is 215 g/mol. The Balaban J connectivity index is 3.36. The monoisotopic (exact) mass is 215 g/mol. The van der Waals surface area contributed by atoms with Crippen molar-refractivity contribution in [2.24, 2.45) is 0 Å². The van der Waals surface area contributed by atoms with Gasteiger partial charge in [-0.25, -0.2) is 13.2 Å². The molecule has 0 aliphatic rings. The molecule has 0 saturated heterocycles. The molecule has 1 heterocycles. The van der Waals surface area contributed by atoms with Crippen LogP contribution in [-0.4, -0.2) is 4.98 Å². The van der Waals surface area contributed by atoms with E-state index in [2.05, 4.69) is 4.98 Å². The van der Waals surface area contributed by atoms with Crippen LogP contribution in [0.2, 0.25) is 0 Å². The number of rotatable bonds is 1. The molecule has 1 aromatic rings. The van der Waals surface area contributed by atoms with E-state index in [0.717, 1.165) is 0 Å². The Labute approximate surface area is 74.4 Å². The minimum absolute atomic E-state index is 0.171. The molecule has 0 radical (unpaired) electrons. The van der Waals surface area contributed by atoms with Gasteiger partial charge in [0, 0.05) is 6.20 Å². The van der Waals surface area contributed by atoms with Crippen molar-refractivity contribution in [3.05, 3.63) is 29.3 Å². The van der Waals surface area contributed by atoms with Crippen LogP contribution >= 0.6 is 0 Å². The summed E-state index contributed by atoms with van der Waals surface area (Å²) in [6.45, 7) is 0. The second-order valence-corrected chi connectivity index (χ2v) is 2.38. The molecule has 0 bridgehead atoms. The fraction of sp³-hybridized carbons (Fsp3) is 0.286. The maximum absolute atomic E-state index is 12.6. The van der Waals surface area contributed by atoms with Crippen molar-refractivity contribution in [3.8, 4) is 0 Å². The summed E-state index contributed by atoms with van der Waals surface area (Å²) >= 11 is 0. The lowest BCUT2D eigenvalue weighted by Crippen LogP contribution is -2.12. The number of halogens is 6. The van der Waals surface area contributed by atoms with Crippen molar-refractivity contribution in [2.75, 3.05) is 0 Å². The maximum Gasteiger partial charge on any atom is 0.418 e. The molecule has 0 saturated carbocycles. The van der Waals surface area contributed by atoms with Gasteiger partial charge in [0.2, 0.25) is 0 Å². The van der Waals surface area contributed by atoms with Crippen LogP contribution in [0, 0.1) is 5.82 Å². The fourth-order valence-electron chi connectivity index (χ4n) is 0.893. The minimum Gasteiger partial charge on any atom is -0.261 e. The highest BCUT2D eigenvalue weighted by atomic mass is 19.4. The molecular weight excluding hydrogens is 212 g/mol. The standard InChI is InChI=1S/C7H3F6N/c8-4-2-14-1-3(7(11,12)13)5(4)6(9)10/h1-2,6H. The summed E-state index contributed by atoms with van der Waals surface area (Å²) in [5.74, 6) is -1.66. The summed E-state index contributed by atoms with van der Waals surface area (Å²) in [5.41, 5.74) is -3.40. The third-order valence-corrected chi connectivity index (χ3v) is 1.46. The van der Waals surface area contributed by atoms with E-state index in [1.165, 1.54) is 0 Å². The lowest BCUT2D eigenvalue weighted by Gasteiger charge is -2.11. The third-order valence-electron chi connectivity index (χ3n) is 1.46. The van der Waals surface area contributed by atoms with E-state index in [1.807, 2.05) is 0 Å². The van der Waals surface area contributed by atoms with Gasteiger partial charge in [-0.2, -0.15) is 13.2 Å². The van der Waals surface area contributed by atoms with Gasteiger partial charge in [0.25, 0.3) is 6.43 Å². The largest absolute Gasteiger partial charge is 0.418 e. The molecule has 0 fully saturated rings. The summed E-state index contributed by atoms with van der Waals surface area (Å²) in [6, 6.07) is 0.